The van der Waals surface area contributed by atoms with Crippen LogP contribution < -0.4 is 26.4 Å². The van der Waals surface area contributed by atoms with E-state index in [-0.39, 0.29) is 33.7 Å². The molecule has 4 aliphatic carbocycles. The number of hydrogen-bond acceptors (Lipinski definition) is 6. The van der Waals surface area contributed by atoms with Crippen LogP contribution in [0.25, 0.3) is 0 Å². The molecule has 0 radical (unpaired) electrons. The number of carbonyl (C=O) groups is 2. The summed E-state index contributed by atoms with van der Waals surface area (Å²) in [7, 11) is -3.84. The highest BCUT2D eigenvalue weighted by Crippen LogP contribution is 2.64. The molecule has 11 heteroatoms. The lowest BCUT2D eigenvalue weighted by atomic mass is 9.44. The standard InChI is InChI=1S/C24H35N5O5S/c25-35(32,33)19-3-1-2-18(7-19)29-22(31)28-15-24-10-16-6-17(11-24)9-23(8-16,13-24)14-27-21(30)20-12-34-5-4-26-20/h1-3,7,16-17,20,26H,4-6,8-15H2,(H,27,30)(H2,25,32,33)(H2,28,29,31)/t16?,17?,20-,23?,24?/m1/s1. The quantitative estimate of drug-likeness (QED) is 0.375. The van der Waals surface area contributed by atoms with E-state index in [1.807, 2.05) is 0 Å². The molecule has 0 aromatic heterocycles. The molecule has 5 fully saturated rings. The summed E-state index contributed by atoms with van der Waals surface area (Å²) in [6.45, 7) is 2.97. The Bertz CT molecular complexity index is 1070. The molecule has 192 valence electrons. The number of carbonyl (C=O) groups excluding carboxylic acids is 2. The van der Waals surface area contributed by atoms with E-state index >= 15 is 0 Å². The van der Waals surface area contributed by atoms with E-state index in [0.29, 0.717) is 50.4 Å². The maximum atomic E-state index is 12.7. The van der Waals surface area contributed by atoms with Gasteiger partial charge in [-0.1, -0.05) is 6.07 Å². The normalized spacial score (nSPS) is 33.8. The summed E-state index contributed by atoms with van der Waals surface area (Å²) in [5.41, 5.74) is 0.483. The Balaban J connectivity index is 1.19. The van der Waals surface area contributed by atoms with Crippen LogP contribution in [-0.2, 0) is 19.6 Å². The van der Waals surface area contributed by atoms with Gasteiger partial charge in [-0.15, -0.1) is 0 Å². The molecule has 1 aromatic rings. The maximum Gasteiger partial charge on any atom is 0.319 e. The van der Waals surface area contributed by atoms with E-state index in [1.165, 1.54) is 18.6 Å². The Labute approximate surface area is 206 Å². The molecule has 35 heavy (non-hydrogen) atoms. The van der Waals surface area contributed by atoms with Crippen LogP contribution in [-0.4, -0.2) is 59.2 Å². The van der Waals surface area contributed by atoms with E-state index < -0.39 is 10.0 Å². The van der Waals surface area contributed by atoms with Crippen molar-refractivity contribution >= 4 is 27.6 Å². The van der Waals surface area contributed by atoms with Crippen LogP contribution in [0.3, 0.4) is 0 Å². The van der Waals surface area contributed by atoms with Crippen LogP contribution in [0.1, 0.15) is 38.5 Å². The summed E-state index contributed by atoms with van der Waals surface area (Å²) in [5.74, 6) is 1.26. The van der Waals surface area contributed by atoms with Crippen LogP contribution in [0.4, 0.5) is 10.5 Å². The molecule has 5 aliphatic rings. The zero-order valence-electron chi connectivity index (χ0n) is 19.8. The van der Waals surface area contributed by atoms with Gasteiger partial charge in [0.25, 0.3) is 0 Å². The van der Waals surface area contributed by atoms with Crippen molar-refractivity contribution < 1.29 is 22.7 Å². The molecule has 6 N–H and O–H groups in total. The molecule has 1 aromatic carbocycles. The average Bonchev–Trinajstić information content (AvgIpc) is 2.81. The number of sulfonamides is 1. The van der Waals surface area contributed by atoms with E-state index in [9.17, 15) is 18.0 Å². The lowest BCUT2D eigenvalue weighted by molar-refractivity contribution is -0.131. The smallest absolute Gasteiger partial charge is 0.319 e. The summed E-state index contributed by atoms with van der Waals surface area (Å²) in [6.07, 6.45) is 6.68. The minimum Gasteiger partial charge on any atom is -0.378 e. The Morgan fingerprint density at radius 2 is 1.77 bits per heavy atom. The first-order chi connectivity index (χ1) is 16.6. The number of amides is 3. The fourth-order valence-electron chi connectivity index (χ4n) is 7.39. The highest BCUT2D eigenvalue weighted by Gasteiger charge is 2.57. The molecule has 1 heterocycles. The lowest BCUT2D eigenvalue weighted by Gasteiger charge is -2.62. The van der Waals surface area contributed by atoms with Gasteiger partial charge >= 0.3 is 6.03 Å². The monoisotopic (exact) mass is 505 g/mol. The number of urea groups is 1. The number of anilines is 1. The molecule has 1 saturated heterocycles. The van der Waals surface area contributed by atoms with Gasteiger partial charge in [-0.3, -0.25) is 4.79 Å². The number of benzene rings is 1. The number of rotatable bonds is 7. The van der Waals surface area contributed by atoms with Gasteiger partial charge < -0.3 is 26.0 Å². The summed E-state index contributed by atoms with van der Waals surface area (Å²) >= 11 is 0. The summed E-state index contributed by atoms with van der Waals surface area (Å²) in [6, 6.07) is 5.26. The highest BCUT2D eigenvalue weighted by atomic mass is 32.2. The summed E-state index contributed by atoms with van der Waals surface area (Å²) in [5, 5.41) is 17.4. The summed E-state index contributed by atoms with van der Waals surface area (Å²) in [4.78, 5) is 25.3. The van der Waals surface area contributed by atoms with Crippen molar-refractivity contribution in [2.45, 2.75) is 49.5 Å². The molecule has 0 spiro atoms. The number of nitrogens with two attached hydrogens (primary N) is 1. The van der Waals surface area contributed by atoms with E-state index in [2.05, 4.69) is 21.3 Å². The maximum absolute atomic E-state index is 12.7. The zero-order chi connectivity index (χ0) is 24.7. The Hall–Kier alpha value is -2.21. The van der Waals surface area contributed by atoms with Gasteiger partial charge in [0.2, 0.25) is 15.9 Å². The number of nitrogens with one attached hydrogen (secondary N) is 4. The first-order valence-electron chi connectivity index (χ1n) is 12.4. The molecule has 2 unspecified atom stereocenters. The minimum atomic E-state index is -3.84. The van der Waals surface area contributed by atoms with Crippen LogP contribution >= 0.6 is 0 Å². The third-order valence-corrected chi connectivity index (χ3v) is 9.13. The van der Waals surface area contributed by atoms with Crippen LogP contribution in [0.2, 0.25) is 0 Å². The first kappa shape index (κ1) is 24.5. The van der Waals surface area contributed by atoms with E-state index in [1.54, 1.807) is 12.1 Å². The number of morpholine rings is 1. The fraction of sp³-hybridized carbons (Fsp3) is 0.667. The van der Waals surface area contributed by atoms with Crippen molar-refractivity contribution in [2.75, 3.05) is 38.2 Å². The summed E-state index contributed by atoms with van der Waals surface area (Å²) < 4.78 is 28.6. The van der Waals surface area contributed by atoms with Gasteiger partial charge in [0.05, 0.1) is 18.1 Å². The molecule has 1 aliphatic heterocycles. The van der Waals surface area contributed by atoms with Crippen LogP contribution in [0.15, 0.2) is 29.2 Å². The van der Waals surface area contributed by atoms with Gasteiger partial charge in [0.1, 0.15) is 6.04 Å². The average molecular weight is 506 g/mol. The minimum absolute atomic E-state index is 0.00808. The van der Waals surface area contributed by atoms with Gasteiger partial charge in [0, 0.05) is 25.3 Å². The second kappa shape index (κ2) is 9.34. The molecule has 3 atom stereocenters. The van der Waals surface area contributed by atoms with Crippen LogP contribution in [0.5, 0.6) is 0 Å². The zero-order valence-corrected chi connectivity index (χ0v) is 20.7. The van der Waals surface area contributed by atoms with Gasteiger partial charge in [-0.05, 0) is 79.4 Å². The third kappa shape index (κ3) is 5.47. The van der Waals surface area contributed by atoms with Crippen molar-refractivity contribution in [2.24, 2.45) is 27.8 Å². The molecular weight excluding hydrogens is 470 g/mol. The predicted molar refractivity (Wildman–Crippen MR) is 130 cm³/mol. The first-order valence-corrected chi connectivity index (χ1v) is 14.0. The Kier molecular flexibility index (Phi) is 6.54. The van der Waals surface area contributed by atoms with Crippen molar-refractivity contribution in [3.8, 4) is 0 Å². The molecular formula is C24H35N5O5S. The molecule has 3 amide bonds. The Morgan fingerprint density at radius 3 is 2.40 bits per heavy atom. The van der Waals surface area contributed by atoms with Crippen LogP contribution in [0, 0.1) is 22.7 Å². The fourth-order valence-corrected chi connectivity index (χ4v) is 7.95. The molecule has 6 rings (SSSR count). The Morgan fingerprint density at radius 1 is 1.09 bits per heavy atom. The van der Waals surface area contributed by atoms with E-state index in [0.717, 1.165) is 32.1 Å². The SMILES string of the molecule is NS(=O)(=O)c1cccc(NC(=O)NCC23CC4CC(C2)CC(CNC(=O)[C@H]2COCCN2)(C4)C3)c1. The van der Waals surface area contributed by atoms with E-state index in [4.69, 9.17) is 9.88 Å². The second-order valence-electron chi connectivity index (χ2n) is 11.1. The lowest BCUT2D eigenvalue weighted by Crippen LogP contribution is -2.60. The topological polar surface area (TPSA) is 152 Å². The second-order valence-corrected chi connectivity index (χ2v) is 12.7. The van der Waals surface area contributed by atoms with Gasteiger partial charge in [-0.25, -0.2) is 18.4 Å². The molecule has 10 nitrogen and oxygen atoms in total. The molecule has 4 saturated carbocycles. The predicted octanol–water partition coefficient (Wildman–Crippen LogP) is 1.15. The van der Waals surface area contributed by atoms with Gasteiger partial charge in [0.15, 0.2) is 0 Å². The van der Waals surface area contributed by atoms with Crippen molar-refractivity contribution in [1.82, 2.24) is 16.0 Å². The number of primary sulfonamides is 1. The van der Waals surface area contributed by atoms with Crippen molar-refractivity contribution in [3.05, 3.63) is 24.3 Å². The number of ether oxygens (including phenoxy) is 1. The number of hydrogen-bond donors (Lipinski definition) is 5. The van der Waals surface area contributed by atoms with Crippen molar-refractivity contribution in [1.29, 1.82) is 0 Å². The van der Waals surface area contributed by atoms with Crippen molar-refractivity contribution in [3.63, 3.8) is 0 Å². The third-order valence-electron chi connectivity index (χ3n) is 8.22. The largest absolute Gasteiger partial charge is 0.378 e. The highest BCUT2D eigenvalue weighted by molar-refractivity contribution is 7.89. The molecule has 4 bridgehead atoms. The van der Waals surface area contributed by atoms with Gasteiger partial charge in [-0.2, -0.15) is 0 Å².